The maximum atomic E-state index is 13.7. The van der Waals surface area contributed by atoms with Crippen LogP contribution in [0.4, 0.5) is 4.39 Å². The van der Waals surface area contributed by atoms with Gasteiger partial charge in [-0.1, -0.05) is 13.0 Å². The summed E-state index contributed by atoms with van der Waals surface area (Å²) in [7, 11) is 1.62. The Morgan fingerprint density at radius 1 is 1.25 bits per heavy atom. The Hall–Kier alpha value is -3.92. The normalized spacial score (nSPS) is 18.5. The average Bonchev–Trinajstić information content (AvgIpc) is 2.90. The molecule has 0 radical (unpaired) electrons. The second-order valence-corrected chi connectivity index (χ2v) is 9.02. The lowest BCUT2D eigenvalue weighted by Crippen LogP contribution is -2.50. The van der Waals surface area contributed by atoms with Crippen LogP contribution < -0.4 is 4.74 Å². The van der Waals surface area contributed by atoms with Gasteiger partial charge in [0.15, 0.2) is 0 Å². The molecular weight excluding hydrogens is 465 g/mol. The molecule has 0 aliphatic carbocycles. The number of rotatable bonds is 6. The topological polar surface area (TPSA) is 109 Å². The lowest BCUT2D eigenvalue weighted by atomic mass is 9.99. The summed E-state index contributed by atoms with van der Waals surface area (Å²) in [5, 5.41) is 9.83. The van der Waals surface area contributed by atoms with Crippen LogP contribution in [-0.4, -0.2) is 80.6 Å². The standard InChI is InChI=1S/C26H28FN5O4/c1-16-12-32(17(2)14-33)26(35)22-8-19(20-9-28-15-29-10-20)11-30-24(22)36-23(16)13-31(3)25(34)18-5-4-6-21(27)7-18/h4-11,15-17,23,33H,12-14H2,1-3H3/t16-,17-,23-/m1/s1. The van der Waals surface area contributed by atoms with Crippen LogP contribution in [0.2, 0.25) is 0 Å². The molecule has 0 fully saturated rings. The van der Waals surface area contributed by atoms with Crippen molar-refractivity contribution in [3.05, 3.63) is 72.2 Å². The highest BCUT2D eigenvalue weighted by Crippen LogP contribution is 2.30. The summed E-state index contributed by atoms with van der Waals surface area (Å²) in [6.07, 6.45) is 5.71. The fraction of sp³-hybridized carbons (Fsp3) is 0.346. The largest absolute Gasteiger partial charge is 0.472 e. The number of aromatic nitrogens is 3. The predicted molar refractivity (Wildman–Crippen MR) is 130 cm³/mol. The Kier molecular flexibility index (Phi) is 7.54. The molecule has 3 heterocycles. The molecule has 2 amide bonds. The molecule has 0 unspecified atom stereocenters. The van der Waals surface area contributed by atoms with Gasteiger partial charge in [0.1, 0.15) is 23.8 Å². The van der Waals surface area contributed by atoms with Crippen molar-refractivity contribution in [1.82, 2.24) is 24.8 Å². The molecule has 3 atom stereocenters. The van der Waals surface area contributed by atoms with Gasteiger partial charge in [0.2, 0.25) is 5.88 Å². The van der Waals surface area contributed by atoms with E-state index < -0.39 is 18.0 Å². The van der Waals surface area contributed by atoms with Gasteiger partial charge in [0, 0.05) is 54.8 Å². The van der Waals surface area contributed by atoms with Crippen molar-refractivity contribution in [2.24, 2.45) is 5.92 Å². The van der Waals surface area contributed by atoms with Gasteiger partial charge in [-0.2, -0.15) is 0 Å². The zero-order valence-electron chi connectivity index (χ0n) is 20.3. The smallest absolute Gasteiger partial charge is 0.259 e. The van der Waals surface area contributed by atoms with Crippen molar-refractivity contribution >= 4 is 11.8 Å². The van der Waals surface area contributed by atoms with E-state index in [2.05, 4.69) is 15.0 Å². The van der Waals surface area contributed by atoms with Crippen molar-refractivity contribution in [3.8, 4) is 17.0 Å². The van der Waals surface area contributed by atoms with E-state index in [0.717, 1.165) is 0 Å². The summed E-state index contributed by atoms with van der Waals surface area (Å²) in [5.74, 6) is -1.22. The maximum Gasteiger partial charge on any atom is 0.259 e. The number of carbonyl (C=O) groups excluding carboxylic acids is 2. The van der Waals surface area contributed by atoms with E-state index in [9.17, 15) is 19.1 Å². The minimum atomic E-state index is -0.522. The van der Waals surface area contributed by atoms with Crippen LogP contribution >= 0.6 is 0 Å². The Morgan fingerprint density at radius 3 is 2.69 bits per heavy atom. The van der Waals surface area contributed by atoms with Gasteiger partial charge >= 0.3 is 0 Å². The molecule has 1 aliphatic heterocycles. The van der Waals surface area contributed by atoms with Gasteiger partial charge in [-0.15, -0.1) is 0 Å². The number of carbonyl (C=O) groups is 2. The van der Waals surface area contributed by atoms with E-state index in [4.69, 9.17) is 4.74 Å². The number of hydrogen-bond donors (Lipinski definition) is 1. The molecule has 1 aromatic carbocycles. The highest BCUT2D eigenvalue weighted by Gasteiger charge is 2.35. The molecule has 188 valence electrons. The van der Waals surface area contributed by atoms with Crippen LogP contribution in [-0.2, 0) is 0 Å². The van der Waals surface area contributed by atoms with Crippen molar-refractivity contribution in [2.75, 3.05) is 26.7 Å². The summed E-state index contributed by atoms with van der Waals surface area (Å²) in [6, 6.07) is 6.75. The van der Waals surface area contributed by atoms with Crippen molar-refractivity contribution in [1.29, 1.82) is 0 Å². The summed E-state index contributed by atoms with van der Waals surface area (Å²) < 4.78 is 19.9. The highest BCUT2D eigenvalue weighted by molar-refractivity contribution is 5.98. The summed E-state index contributed by atoms with van der Waals surface area (Å²) >= 11 is 0. The molecule has 36 heavy (non-hydrogen) atoms. The zero-order chi connectivity index (χ0) is 25.8. The average molecular weight is 494 g/mol. The fourth-order valence-corrected chi connectivity index (χ4v) is 4.12. The first-order valence-corrected chi connectivity index (χ1v) is 11.6. The molecule has 0 spiro atoms. The first-order chi connectivity index (χ1) is 17.3. The molecule has 2 aromatic heterocycles. The molecule has 0 saturated carbocycles. The molecule has 1 aliphatic rings. The number of benzene rings is 1. The molecule has 4 rings (SSSR count). The van der Waals surface area contributed by atoms with Crippen molar-refractivity contribution in [3.63, 3.8) is 0 Å². The maximum absolute atomic E-state index is 13.7. The number of nitrogens with zero attached hydrogens (tertiary/aromatic N) is 5. The number of aliphatic hydroxyl groups is 1. The number of likely N-dealkylation sites (N-methyl/N-ethyl adjacent to an activating group) is 1. The molecule has 1 N–H and O–H groups in total. The van der Waals surface area contributed by atoms with E-state index >= 15 is 0 Å². The Morgan fingerprint density at radius 2 is 2.00 bits per heavy atom. The minimum absolute atomic E-state index is 0.138. The first kappa shape index (κ1) is 25.2. The highest BCUT2D eigenvalue weighted by atomic mass is 19.1. The van der Waals surface area contributed by atoms with Crippen LogP contribution in [0.25, 0.3) is 11.1 Å². The van der Waals surface area contributed by atoms with E-state index in [-0.39, 0.29) is 47.9 Å². The number of aliphatic hydroxyl groups excluding tert-OH is 1. The lowest BCUT2D eigenvalue weighted by Gasteiger charge is -2.37. The zero-order valence-corrected chi connectivity index (χ0v) is 20.3. The summed E-state index contributed by atoms with van der Waals surface area (Å²) in [6.45, 7) is 3.95. The van der Waals surface area contributed by atoms with E-state index in [1.54, 1.807) is 49.6 Å². The number of ether oxygens (including phenoxy) is 1. The van der Waals surface area contributed by atoms with E-state index in [0.29, 0.717) is 17.7 Å². The van der Waals surface area contributed by atoms with Crippen LogP contribution in [0, 0.1) is 11.7 Å². The van der Waals surface area contributed by atoms with Gasteiger partial charge in [0.05, 0.1) is 19.2 Å². The molecule has 0 bridgehead atoms. The fourth-order valence-electron chi connectivity index (χ4n) is 4.12. The summed E-state index contributed by atoms with van der Waals surface area (Å²) in [5.41, 5.74) is 1.81. The number of amides is 2. The third kappa shape index (κ3) is 5.33. The van der Waals surface area contributed by atoms with Gasteiger partial charge in [0.25, 0.3) is 11.8 Å². The van der Waals surface area contributed by atoms with Gasteiger partial charge in [-0.3, -0.25) is 9.59 Å². The minimum Gasteiger partial charge on any atom is -0.472 e. The Bertz CT molecular complexity index is 1240. The third-order valence-corrected chi connectivity index (χ3v) is 6.29. The van der Waals surface area contributed by atoms with Gasteiger partial charge < -0.3 is 19.6 Å². The number of halogens is 1. The first-order valence-electron chi connectivity index (χ1n) is 11.6. The van der Waals surface area contributed by atoms with E-state index in [1.807, 2.05) is 6.92 Å². The quantitative estimate of drug-likeness (QED) is 0.562. The molecule has 0 saturated heterocycles. The number of hydrogen-bond acceptors (Lipinski definition) is 7. The number of fused-ring (bicyclic) bond motifs is 1. The van der Waals surface area contributed by atoms with Crippen LogP contribution in [0.5, 0.6) is 5.88 Å². The second kappa shape index (κ2) is 10.8. The van der Waals surface area contributed by atoms with Crippen LogP contribution in [0.15, 0.2) is 55.2 Å². The van der Waals surface area contributed by atoms with Crippen LogP contribution in [0.1, 0.15) is 34.6 Å². The van der Waals surface area contributed by atoms with Crippen LogP contribution in [0.3, 0.4) is 0 Å². The third-order valence-electron chi connectivity index (χ3n) is 6.29. The SMILES string of the molecule is C[C@@H]1CN([C@H](C)CO)C(=O)c2cc(-c3cncnc3)cnc2O[C@@H]1CN(C)C(=O)c1cccc(F)c1. The predicted octanol–water partition coefficient (Wildman–Crippen LogP) is 2.67. The lowest BCUT2D eigenvalue weighted by molar-refractivity contribution is 0.0313. The second-order valence-electron chi connectivity index (χ2n) is 9.02. The van der Waals surface area contributed by atoms with Gasteiger partial charge in [-0.05, 0) is 31.2 Å². The van der Waals surface area contributed by atoms with Crippen molar-refractivity contribution < 1.29 is 23.8 Å². The molecule has 9 nitrogen and oxygen atoms in total. The van der Waals surface area contributed by atoms with Crippen molar-refractivity contribution in [2.45, 2.75) is 26.0 Å². The number of pyridine rings is 1. The summed E-state index contributed by atoms with van der Waals surface area (Å²) in [4.78, 5) is 42.0. The monoisotopic (exact) mass is 493 g/mol. The molecule has 3 aromatic rings. The van der Waals surface area contributed by atoms with Gasteiger partial charge in [-0.25, -0.2) is 19.3 Å². The Labute approximate surface area is 208 Å². The van der Waals surface area contributed by atoms with E-state index in [1.165, 1.54) is 29.4 Å². The molecular formula is C26H28FN5O4. The Balaban J connectivity index is 1.67. The molecule has 10 heteroatoms.